The second-order valence-electron chi connectivity index (χ2n) is 5.16. The van der Waals surface area contributed by atoms with Crippen molar-refractivity contribution in [3.05, 3.63) is 74.7 Å². The third-order valence-corrected chi connectivity index (χ3v) is 4.73. The third kappa shape index (κ3) is 3.63. The summed E-state index contributed by atoms with van der Waals surface area (Å²) in [4.78, 5) is 13.5. The Morgan fingerprint density at radius 1 is 1.26 bits per heavy atom. The number of halogens is 1. The monoisotopic (exact) mass is 345 g/mol. The molecular weight excluding hydrogens is 330 g/mol. The van der Waals surface area contributed by atoms with Crippen LogP contribution in [0.5, 0.6) is 0 Å². The van der Waals surface area contributed by atoms with E-state index in [0.29, 0.717) is 29.5 Å². The molecule has 0 saturated carbocycles. The molecule has 0 saturated heterocycles. The Bertz CT molecular complexity index is 797. The molecule has 0 radical (unpaired) electrons. The lowest BCUT2D eigenvalue weighted by Gasteiger charge is -2.05. The van der Waals surface area contributed by atoms with Crippen molar-refractivity contribution in [2.45, 2.75) is 20.0 Å². The molecule has 23 heavy (non-hydrogen) atoms. The molecule has 0 aliphatic carbocycles. The summed E-state index contributed by atoms with van der Waals surface area (Å²) in [5.74, 6) is -0.194. The average Bonchev–Trinajstić information content (AvgIpc) is 3.15. The Kier molecular flexibility index (Phi) is 4.79. The molecule has 0 fully saturated rings. The van der Waals surface area contributed by atoms with Crippen LogP contribution in [0.4, 0.5) is 0 Å². The van der Waals surface area contributed by atoms with Crippen molar-refractivity contribution in [1.82, 2.24) is 15.1 Å². The smallest absolute Gasteiger partial charge is 0.256 e. The van der Waals surface area contributed by atoms with Gasteiger partial charge in [-0.3, -0.25) is 4.79 Å². The molecule has 3 aromatic rings. The number of benzene rings is 1. The number of nitrogens with zero attached hydrogens (tertiary/aromatic N) is 2. The molecule has 6 heteroatoms. The minimum Gasteiger partial charge on any atom is -0.347 e. The van der Waals surface area contributed by atoms with Gasteiger partial charge in [-0.1, -0.05) is 48.0 Å². The summed E-state index contributed by atoms with van der Waals surface area (Å²) in [5.41, 5.74) is 2.16. The predicted octanol–water partition coefficient (Wildman–Crippen LogP) is 3.88. The minimum absolute atomic E-state index is 0.194. The van der Waals surface area contributed by atoms with E-state index in [-0.39, 0.29) is 5.91 Å². The summed E-state index contributed by atoms with van der Waals surface area (Å²) in [6.07, 6.45) is 0. The van der Waals surface area contributed by atoms with Crippen LogP contribution in [0, 0.1) is 6.92 Å². The molecule has 4 nitrogen and oxygen atoms in total. The fraction of sp³-hybridized carbons (Fsp3) is 0.176. The minimum atomic E-state index is -0.194. The van der Waals surface area contributed by atoms with Gasteiger partial charge >= 0.3 is 0 Å². The maximum atomic E-state index is 12.4. The first-order valence-corrected chi connectivity index (χ1v) is 8.48. The normalized spacial score (nSPS) is 10.7. The molecule has 1 N–H and O–H groups in total. The molecule has 0 spiro atoms. The third-order valence-electron chi connectivity index (χ3n) is 3.47. The van der Waals surface area contributed by atoms with Gasteiger partial charge in [0, 0.05) is 4.88 Å². The van der Waals surface area contributed by atoms with E-state index in [1.807, 2.05) is 47.8 Å². The lowest BCUT2D eigenvalue weighted by molar-refractivity contribution is 0.0951. The van der Waals surface area contributed by atoms with Gasteiger partial charge in [0.25, 0.3) is 5.91 Å². The lowest BCUT2D eigenvalue weighted by atomic mass is 10.2. The van der Waals surface area contributed by atoms with Gasteiger partial charge in [-0.15, -0.1) is 11.3 Å². The van der Waals surface area contributed by atoms with Crippen molar-refractivity contribution in [1.29, 1.82) is 0 Å². The van der Waals surface area contributed by atoms with Gasteiger partial charge < -0.3 is 5.32 Å². The number of carbonyl (C=O) groups excluding carboxylic acids is 1. The van der Waals surface area contributed by atoms with Gasteiger partial charge in [0.2, 0.25) is 0 Å². The van der Waals surface area contributed by atoms with Crippen molar-refractivity contribution in [2.24, 2.45) is 0 Å². The number of hydrogen-bond acceptors (Lipinski definition) is 3. The van der Waals surface area contributed by atoms with E-state index in [4.69, 9.17) is 11.6 Å². The van der Waals surface area contributed by atoms with Gasteiger partial charge in [-0.2, -0.15) is 5.10 Å². The van der Waals surface area contributed by atoms with E-state index in [0.717, 1.165) is 10.4 Å². The second-order valence-corrected chi connectivity index (χ2v) is 6.55. The number of nitrogens with one attached hydrogen (secondary N) is 1. The second kappa shape index (κ2) is 6.98. The summed E-state index contributed by atoms with van der Waals surface area (Å²) in [7, 11) is 0. The highest BCUT2D eigenvalue weighted by Crippen LogP contribution is 2.21. The predicted molar refractivity (Wildman–Crippen MR) is 93.0 cm³/mol. The molecule has 1 aromatic carbocycles. The van der Waals surface area contributed by atoms with Gasteiger partial charge in [-0.25, -0.2) is 4.68 Å². The molecule has 0 unspecified atom stereocenters. The van der Waals surface area contributed by atoms with Gasteiger partial charge in [-0.05, 0) is 23.9 Å². The van der Waals surface area contributed by atoms with Crippen molar-refractivity contribution >= 4 is 28.8 Å². The topological polar surface area (TPSA) is 46.9 Å². The summed E-state index contributed by atoms with van der Waals surface area (Å²) in [6.45, 7) is 2.84. The molecule has 0 bridgehead atoms. The summed E-state index contributed by atoms with van der Waals surface area (Å²) >= 11 is 7.98. The highest BCUT2D eigenvalue weighted by Gasteiger charge is 2.20. The maximum absolute atomic E-state index is 12.4. The number of hydrogen-bond donors (Lipinski definition) is 1. The molecule has 0 atom stereocenters. The first kappa shape index (κ1) is 15.8. The van der Waals surface area contributed by atoms with Crippen LogP contribution in [0.15, 0.2) is 47.8 Å². The van der Waals surface area contributed by atoms with Crippen LogP contribution >= 0.6 is 22.9 Å². The van der Waals surface area contributed by atoms with E-state index >= 15 is 0 Å². The number of carbonyl (C=O) groups is 1. The van der Waals surface area contributed by atoms with Crippen LogP contribution < -0.4 is 5.32 Å². The first-order valence-electron chi connectivity index (χ1n) is 7.22. The van der Waals surface area contributed by atoms with E-state index in [1.165, 1.54) is 0 Å². The number of aryl methyl sites for hydroxylation is 1. The molecule has 0 aliphatic rings. The summed E-state index contributed by atoms with van der Waals surface area (Å²) < 4.78 is 1.66. The van der Waals surface area contributed by atoms with Gasteiger partial charge in [0.05, 0.1) is 24.3 Å². The fourth-order valence-electron chi connectivity index (χ4n) is 2.34. The van der Waals surface area contributed by atoms with Crippen LogP contribution in [-0.4, -0.2) is 15.7 Å². The van der Waals surface area contributed by atoms with Crippen LogP contribution in [0.2, 0.25) is 5.15 Å². The number of rotatable bonds is 5. The largest absolute Gasteiger partial charge is 0.347 e. The van der Waals surface area contributed by atoms with Crippen LogP contribution in [0.25, 0.3) is 0 Å². The number of thiophene rings is 1. The van der Waals surface area contributed by atoms with Crippen LogP contribution in [-0.2, 0) is 13.1 Å². The Labute approximate surface area is 143 Å². The summed E-state index contributed by atoms with van der Waals surface area (Å²) in [6, 6.07) is 13.8. The Balaban J connectivity index is 1.76. The Morgan fingerprint density at radius 2 is 2.04 bits per heavy atom. The highest BCUT2D eigenvalue weighted by molar-refractivity contribution is 7.09. The maximum Gasteiger partial charge on any atom is 0.256 e. The van der Waals surface area contributed by atoms with E-state index in [1.54, 1.807) is 22.9 Å². The van der Waals surface area contributed by atoms with Crippen molar-refractivity contribution < 1.29 is 4.79 Å². The van der Waals surface area contributed by atoms with E-state index < -0.39 is 0 Å². The lowest BCUT2D eigenvalue weighted by Crippen LogP contribution is -2.23. The Morgan fingerprint density at radius 3 is 2.74 bits per heavy atom. The number of amides is 1. The van der Waals surface area contributed by atoms with E-state index in [2.05, 4.69) is 10.4 Å². The molecule has 1 amide bonds. The van der Waals surface area contributed by atoms with Gasteiger partial charge in [0.15, 0.2) is 0 Å². The molecule has 2 heterocycles. The zero-order valence-corrected chi connectivity index (χ0v) is 14.2. The van der Waals surface area contributed by atoms with Crippen LogP contribution in [0.3, 0.4) is 0 Å². The zero-order chi connectivity index (χ0) is 16.2. The van der Waals surface area contributed by atoms with E-state index in [9.17, 15) is 4.79 Å². The highest BCUT2D eigenvalue weighted by atomic mass is 35.5. The first-order chi connectivity index (χ1) is 11.1. The molecule has 3 rings (SSSR count). The van der Waals surface area contributed by atoms with Crippen molar-refractivity contribution in [3.8, 4) is 0 Å². The average molecular weight is 346 g/mol. The molecule has 0 aliphatic heterocycles. The molecule has 2 aromatic heterocycles. The standard InChI is InChI=1S/C17H16ClN3OS/c1-12-15(17(22)19-10-14-8-5-9-23-14)16(18)21(20-12)11-13-6-3-2-4-7-13/h2-9H,10-11H2,1H3,(H,19,22). The van der Waals surface area contributed by atoms with Crippen molar-refractivity contribution in [3.63, 3.8) is 0 Å². The van der Waals surface area contributed by atoms with Crippen LogP contribution in [0.1, 0.15) is 26.5 Å². The Hall–Kier alpha value is -2.11. The van der Waals surface area contributed by atoms with Crippen molar-refractivity contribution in [2.75, 3.05) is 0 Å². The van der Waals surface area contributed by atoms with Gasteiger partial charge in [0.1, 0.15) is 5.15 Å². The molecular formula is C17H16ClN3OS. The summed E-state index contributed by atoms with van der Waals surface area (Å²) in [5, 5.41) is 9.65. The quantitative estimate of drug-likeness (QED) is 0.762. The molecule has 118 valence electrons. The SMILES string of the molecule is Cc1nn(Cc2ccccc2)c(Cl)c1C(=O)NCc1cccs1. The zero-order valence-electron chi connectivity index (χ0n) is 12.6. The number of aromatic nitrogens is 2. The fourth-order valence-corrected chi connectivity index (χ4v) is 3.31.